The molecule has 0 aliphatic heterocycles. The van der Waals surface area contributed by atoms with Gasteiger partial charge in [0.2, 0.25) is 0 Å². The van der Waals surface area contributed by atoms with E-state index in [0.717, 1.165) is 30.6 Å². The molecule has 0 saturated carbocycles. The van der Waals surface area contributed by atoms with Gasteiger partial charge in [0.1, 0.15) is 6.04 Å². The van der Waals surface area contributed by atoms with Crippen molar-refractivity contribution in [2.24, 2.45) is 5.92 Å². The van der Waals surface area contributed by atoms with Crippen molar-refractivity contribution in [1.29, 1.82) is 0 Å². The van der Waals surface area contributed by atoms with E-state index in [1.165, 1.54) is 28.0 Å². The summed E-state index contributed by atoms with van der Waals surface area (Å²) >= 11 is 2.78. The van der Waals surface area contributed by atoms with Crippen LogP contribution >= 0.6 is 23.1 Å². The summed E-state index contributed by atoms with van der Waals surface area (Å²) in [6.07, 6.45) is 2.88. The van der Waals surface area contributed by atoms with E-state index in [1.807, 2.05) is 6.07 Å². The number of thiophene rings is 1. The molecule has 1 aromatic rings. The van der Waals surface area contributed by atoms with Gasteiger partial charge in [-0.25, -0.2) is 4.79 Å². The zero-order valence-electron chi connectivity index (χ0n) is 17.7. The lowest BCUT2D eigenvalue weighted by molar-refractivity contribution is -0.146. The van der Waals surface area contributed by atoms with E-state index < -0.39 is 18.0 Å². The third-order valence-corrected chi connectivity index (χ3v) is 7.00. The molecule has 1 aliphatic carbocycles. The Kier molecular flexibility index (Phi) is 9.84. The highest BCUT2D eigenvalue weighted by atomic mass is 32.2. The first-order valence-electron chi connectivity index (χ1n) is 10.2. The van der Waals surface area contributed by atoms with E-state index in [1.54, 1.807) is 20.8 Å². The Morgan fingerprint density at radius 2 is 1.97 bits per heavy atom. The van der Waals surface area contributed by atoms with Gasteiger partial charge in [0.15, 0.2) is 5.12 Å². The standard InChI is InChI=1S/C21H29NO6S2/c1-4-27-19(24)9-8-16(21(26)28-5-2)22-20(25)18-11-15-7-6-14(10-17(15)30-18)12-29-13(3)23/h11,14,16H,4-10,12H2,1-3H3,(H,22,25)/t14?,16-/m0/s1. The number of hydrogen-bond acceptors (Lipinski definition) is 8. The summed E-state index contributed by atoms with van der Waals surface area (Å²) in [5.74, 6) is -0.0869. The SMILES string of the molecule is CCOC(=O)CC[C@H](NC(=O)c1cc2c(s1)CC(CSC(C)=O)CC2)C(=O)OCC. The number of thioether (sulfide) groups is 1. The van der Waals surface area contributed by atoms with Crippen LogP contribution in [0.1, 0.15) is 60.1 Å². The number of amides is 1. The predicted octanol–water partition coefficient (Wildman–Crippen LogP) is 3.14. The Bertz CT molecular complexity index is 776. The fraction of sp³-hybridized carbons (Fsp3) is 0.619. The van der Waals surface area contributed by atoms with Crippen LogP contribution < -0.4 is 5.32 Å². The maximum atomic E-state index is 12.8. The molecular weight excluding hydrogens is 426 g/mol. The third kappa shape index (κ3) is 7.43. The summed E-state index contributed by atoms with van der Waals surface area (Å²) in [5, 5.41) is 2.84. The van der Waals surface area contributed by atoms with Crippen LogP contribution in [-0.4, -0.2) is 48.0 Å². The molecule has 1 aliphatic rings. The molecule has 166 valence electrons. The van der Waals surface area contributed by atoms with Crippen molar-refractivity contribution in [3.05, 3.63) is 21.4 Å². The first kappa shape index (κ1) is 24.4. The van der Waals surface area contributed by atoms with E-state index in [-0.39, 0.29) is 37.1 Å². The van der Waals surface area contributed by atoms with Crippen molar-refractivity contribution in [1.82, 2.24) is 5.32 Å². The first-order chi connectivity index (χ1) is 14.3. The second-order valence-electron chi connectivity index (χ2n) is 7.09. The van der Waals surface area contributed by atoms with Crippen LogP contribution in [0.25, 0.3) is 0 Å². The van der Waals surface area contributed by atoms with E-state index in [0.29, 0.717) is 10.8 Å². The van der Waals surface area contributed by atoms with Crippen molar-refractivity contribution in [2.45, 2.75) is 58.9 Å². The van der Waals surface area contributed by atoms with Crippen molar-refractivity contribution < 1.29 is 28.7 Å². The van der Waals surface area contributed by atoms with Gasteiger partial charge in [0.05, 0.1) is 18.1 Å². The molecular formula is C21H29NO6S2. The van der Waals surface area contributed by atoms with Gasteiger partial charge in [-0.05, 0) is 57.1 Å². The number of aryl methyl sites for hydroxylation is 1. The van der Waals surface area contributed by atoms with Gasteiger partial charge >= 0.3 is 11.9 Å². The molecule has 0 radical (unpaired) electrons. The van der Waals surface area contributed by atoms with E-state index in [2.05, 4.69) is 5.32 Å². The highest BCUT2D eigenvalue weighted by Gasteiger charge is 2.27. The summed E-state index contributed by atoms with van der Waals surface area (Å²) in [6, 6.07) is 0.984. The van der Waals surface area contributed by atoms with Crippen LogP contribution in [0.15, 0.2) is 6.07 Å². The lowest BCUT2D eigenvalue weighted by Gasteiger charge is -2.20. The summed E-state index contributed by atoms with van der Waals surface area (Å²) in [6.45, 7) is 5.44. The monoisotopic (exact) mass is 455 g/mol. The quantitative estimate of drug-likeness (QED) is 0.541. The summed E-state index contributed by atoms with van der Waals surface area (Å²) < 4.78 is 9.94. The summed E-state index contributed by atoms with van der Waals surface area (Å²) in [4.78, 5) is 49.6. The smallest absolute Gasteiger partial charge is 0.328 e. The Morgan fingerprint density at radius 1 is 1.23 bits per heavy atom. The van der Waals surface area contributed by atoms with Crippen LogP contribution in [0.2, 0.25) is 0 Å². The molecule has 0 aromatic carbocycles. The highest BCUT2D eigenvalue weighted by Crippen LogP contribution is 2.34. The Hall–Kier alpha value is -1.87. The topological polar surface area (TPSA) is 98.8 Å². The minimum Gasteiger partial charge on any atom is -0.466 e. The molecule has 30 heavy (non-hydrogen) atoms. The maximum Gasteiger partial charge on any atom is 0.328 e. The van der Waals surface area contributed by atoms with Crippen molar-refractivity contribution in [3.63, 3.8) is 0 Å². The molecule has 7 nitrogen and oxygen atoms in total. The molecule has 9 heteroatoms. The van der Waals surface area contributed by atoms with Crippen LogP contribution in [-0.2, 0) is 36.7 Å². The molecule has 1 N–H and O–H groups in total. The van der Waals surface area contributed by atoms with Crippen LogP contribution in [0.3, 0.4) is 0 Å². The van der Waals surface area contributed by atoms with Gasteiger partial charge < -0.3 is 14.8 Å². The molecule has 2 rings (SSSR count). The number of carbonyl (C=O) groups is 4. The first-order valence-corrected chi connectivity index (χ1v) is 12.0. The minimum atomic E-state index is -0.902. The van der Waals surface area contributed by atoms with Crippen molar-refractivity contribution >= 4 is 46.1 Å². The maximum absolute atomic E-state index is 12.8. The average molecular weight is 456 g/mol. The Morgan fingerprint density at radius 3 is 2.63 bits per heavy atom. The molecule has 0 fully saturated rings. The van der Waals surface area contributed by atoms with Crippen LogP contribution in [0.4, 0.5) is 0 Å². The average Bonchev–Trinajstić information content (AvgIpc) is 3.13. The molecule has 1 amide bonds. The molecule has 1 aromatic heterocycles. The lowest BCUT2D eigenvalue weighted by Crippen LogP contribution is -2.42. The molecule has 1 heterocycles. The molecule has 1 unspecified atom stereocenters. The zero-order valence-corrected chi connectivity index (χ0v) is 19.3. The lowest BCUT2D eigenvalue weighted by atomic mass is 9.90. The molecule has 2 atom stereocenters. The number of esters is 2. The molecule has 0 bridgehead atoms. The normalized spacial score (nSPS) is 16.3. The second-order valence-corrected chi connectivity index (χ2v) is 9.43. The number of ether oxygens (including phenoxy) is 2. The van der Waals surface area contributed by atoms with E-state index >= 15 is 0 Å². The predicted molar refractivity (Wildman–Crippen MR) is 117 cm³/mol. The number of carbonyl (C=O) groups excluding carboxylic acids is 4. The van der Waals surface area contributed by atoms with Gasteiger partial charge in [-0.1, -0.05) is 11.8 Å². The summed E-state index contributed by atoms with van der Waals surface area (Å²) in [7, 11) is 0. The largest absolute Gasteiger partial charge is 0.466 e. The minimum absolute atomic E-state index is 0.0219. The third-order valence-electron chi connectivity index (χ3n) is 4.76. The van der Waals surface area contributed by atoms with Crippen LogP contribution in [0, 0.1) is 5.92 Å². The number of nitrogens with one attached hydrogen (secondary N) is 1. The van der Waals surface area contributed by atoms with Crippen molar-refractivity contribution in [3.8, 4) is 0 Å². The van der Waals surface area contributed by atoms with Gasteiger partial charge in [-0.3, -0.25) is 14.4 Å². The number of hydrogen-bond donors (Lipinski definition) is 1. The van der Waals surface area contributed by atoms with E-state index in [9.17, 15) is 19.2 Å². The van der Waals surface area contributed by atoms with Crippen molar-refractivity contribution in [2.75, 3.05) is 19.0 Å². The zero-order chi connectivity index (χ0) is 22.1. The number of fused-ring (bicyclic) bond motifs is 1. The highest BCUT2D eigenvalue weighted by molar-refractivity contribution is 8.13. The van der Waals surface area contributed by atoms with Gasteiger partial charge in [0, 0.05) is 24.0 Å². The fourth-order valence-corrected chi connectivity index (χ4v) is 5.26. The van der Waals surface area contributed by atoms with E-state index in [4.69, 9.17) is 9.47 Å². The van der Waals surface area contributed by atoms with Gasteiger partial charge in [-0.2, -0.15) is 0 Å². The Balaban J connectivity index is 2.01. The van der Waals surface area contributed by atoms with Gasteiger partial charge in [0.25, 0.3) is 5.91 Å². The summed E-state index contributed by atoms with van der Waals surface area (Å²) in [5.41, 5.74) is 1.16. The van der Waals surface area contributed by atoms with Gasteiger partial charge in [-0.15, -0.1) is 11.3 Å². The second kappa shape index (κ2) is 12.1. The Labute approximate surface area is 185 Å². The number of rotatable bonds is 10. The molecule has 0 saturated heterocycles. The molecule has 0 spiro atoms. The van der Waals surface area contributed by atoms with Crippen LogP contribution in [0.5, 0.6) is 0 Å². The fourth-order valence-electron chi connectivity index (χ4n) is 3.28.